The van der Waals surface area contributed by atoms with Gasteiger partial charge >= 0.3 is 0 Å². The highest BCUT2D eigenvalue weighted by Crippen LogP contribution is 1.96. The van der Waals surface area contributed by atoms with Crippen molar-refractivity contribution in [1.82, 2.24) is 20.2 Å². The van der Waals surface area contributed by atoms with Gasteiger partial charge in [0.25, 0.3) is 0 Å². The predicted octanol–water partition coefficient (Wildman–Crippen LogP) is 0.517. The summed E-state index contributed by atoms with van der Waals surface area (Å²) in [6.45, 7) is 7.94. The molecule has 0 aromatic carbocycles. The smallest absolute Gasteiger partial charge is 0.240 e. The molecule has 1 heterocycles. The minimum atomic E-state index is 0.0161. The van der Waals surface area contributed by atoms with E-state index in [-0.39, 0.29) is 11.9 Å². The van der Waals surface area contributed by atoms with Crippen LogP contribution in [0.3, 0.4) is 0 Å². The van der Waals surface area contributed by atoms with Gasteiger partial charge in [0.05, 0.1) is 12.0 Å². The molecular formula is C11H20N4O. The Hall–Kier alpha value is -1.36. The normalized spacial score (nSPS) is 10.8. The molecule has 1 rings (SSSR count). The number of nitrogens with zero attached hydrogens (tertiary/aromatic N) is 2. The standard InChI is InChI=1S/C11H20N4O/c1-4-12-5-10-6-15(8-13-10)7-11(16)14-9(2)3/h6,8-9,12H,4-5,7H2,1-3H3,(H,14,16). The van der Waals surface area contributed by atoms with E-state index in [0.717, 1.165) is 18.8 Å². The molecular weight excluding hydrogens is 204 g/mol. The zero-order valence-electron chi connectivity index (χ0n) is 10.2. The molecule has 0 aliphatic rings. The maximum Gasteiger partial charge on any atom is 0.240 e. The van der Waals surface area contributed by atoms with E-state index < -0.39 is 0 Å². The molecule has 0 aliphatic carbocycles. The molecule has 1 amide bonds. The van der Waals surface area contributed by atoms with E-state index in [4.69, 9.17) is 0 Å². The Kier molecular flexibility index (Phi) is 4.98. The third-order valence-corrected chi connectivity index (χ3v) is 2.02. The second-order valence-electron chi connectivity index (χ2n) is 4.04. The molecule has 0 spiro atoms. The van der Waals surface area contributed by atoms with Crippen LogP contribution in [0.2, 0.25) is 0 Å². The van der Waals surface area contributed by atoms with Crippen LogP contribution < -0.4 is 10.6 Å². The number of hydrogen-bond donors (Lipinski definition) is 2. The van der Waals surface area contributed by atoms with E-state index in [0.29, 0.717) is 6.54 Å². The Balaban J connectivity index is 2.42. The Labute approximate surface area is 96.3 Å². The molecule has 0 unspecified atom stereocenters. The second kappa shape index (κ2) is 6.27. The summed E-state index contributed by atoms with van der Waals surface area (Å²) in [6, 6.07) is 0.178. The third kappa shape index (κ3) is 4.44. The quantitative estimate of drug-likeness (QED) is 0.740. The van der Waals surface area contributed by atoms with Crippen molar-refractivity contribution in [3.63, 3.8) is 0 Å². The molecule has 0 bridgehead atoms. The summed E-state index contributed by atoms with van der Waals surface area (Å²) in [6.07, 6.45) is 3.58. The largest absolute Gasteiger partial charge is 0.352 e. The van der Waals surface area contributed by atoms with Crippen molar-refractivity contribution < 1.29 is 4.79 Å². The summed E-state index contributed by atoms with van der Waals surface area (Å²) in [5.41, 5.74) is 0.958. The fraction of sp³-hybridized carbons (Fsp3) is 0.636. The van der Waals surface area contributed by atoms with Gasteiger partial charge < -0.3 is 15.2 Å². The molecule has 0 atom stereocenters. The SMILES string of the molecule is CCNCc1cn(CC(=O)NC(C)C)cn1. The van der Waals surface area contributed by atoms with Gasteiger partial charge in [-0.05, 0) is 20.4 Å². The lowest BCUT2D eigenvalue weighted by atomic mass is 10.4. The fourth-order valence-electron chi connectivity index (χ4n) is 1.37. The summed E-state index contributed by atoms with van der Waals surface area (Å²) in [5, 5.41) is 6.03. The van der Waals surface area contributed by atoms with Crippen molar-refractivity contribution >= 4 is 5.91 Å². The van der Waals surface area contributed by atoms with E-state index in [2.05, 4.69) is 15.6 Å². The van der Waals surface area contributed by atoms with E-state index >= 15 is 0 Å². The number of rotatable bonds is 6. The lowest BCUT2D eigenvalue weighted by Crippen LogP contribution is -2.32. The molecule has 0 aliphatic heterocycles. The van der Waals surface area contributed by atoms with Crippen LogP contribution in [0.25, 0.3) is 0 Å². The zero-order valence-corrected chi connectivity index (χ0v) is 10.2. The topological polar surface area (TPSA) is 59.0 Å². The maximum absolute atomic E-state index is 11.5. The average molecular weight is 224 g/mol. The lowest BCUT2D eigenvalue weighted by Gasteiger charge is -2.08. The molecule has 0 radical (unpaired) electrons. The Morgan fingerprint density at radius 2 is 2.31 bits per heavy atom. The van der Waals surface area contributed by atoms with Gasteiger partial charge in [-0.15, -0.1) is 0 Å². The molecule has 0 saturated carbocycles. The van der Waals surface area contributed by atoms with E-state index in [9.17, 15) is 4.79 Å². The monoisotopic (exact) mass is 224 g/mol. The summed E-state index contributed by atoms with van der Waals surface area (Å²) in [5.74, 6) is 0.0161. The molecule has 5 nitrogen and oxygen atoms in total. The first kappa shape index (κ1) is 12.7. The van der Waals surface area contributed by atoms with Crippen molar-refractivity contribution in [2.75, 3.05) is 6.54 Å². The van der Waals surface area contributed by atoms with Crippen LogP contribution in [-0.2, 0) is 17.9 Å². The van der Waals surface area contributed by atoms with Gasteiger partial charge in [0, 0.05) is 18.8 Å². The highest BCUT2D eigenvalue weighted by molar-refractivity contribution is 5.75. The first-order chi connectivity index (χ1) is 7.61. The van der Waals surface area contributed by atoms with Gasteiger partial charge in [-0.25, -0.2) is 4.98 Å². The minimum absolute atomic E-state index is 0.0161. The molecule has 0 fully saturated rings. The zero-order chi connectivity index (χ0) is 12.0. The van der Waals surface area contributed by atoms with Crippen molar-refractivity contribution in [3.05, 3.63) is 18.2 Å². The van der Waals surface area contributed by atoms with E-state index in [1.165, 1.54) is 0 Å². The van der Waals surface area contributed by atoms with Crippen LogP contribution in [0.15, 0.2) is 12.5 Å². The summed E-state index contributed by atoms with van der Waals surface area (Å²) >= 11 is 0. The number of imidazole rings is 1. The molecule has 1 aromatic rings. The van der Waals surface area contributed by atoms with Crippen LogP contribution in [0, 0.1) is 0 Å². The van der Waals surface area contributed by atoms with Crippen LogP contribution in [0.4, 0.5) is 0 Å². The summed E-state index contributed by atoms with van der Waals surface area (Å²) in [4.78, 5) is 15.7. The van der Waals surface area contributed by atoms with Crippen LogP contribution in [0.5, 0.6) is 0 Å². The molecule has 5 heteroatoms. The lowest BCUT2D eigenvalue weighted by molar-refractivity contribution is -0.122. The minimum Gasteiger partial charge on any atom is -0.352 e. The second-order valence-corrected chi connectivity index (χ2v) is 4.04. The average Bonchev–Trinajstić information content (AvgIpc) is 2.61. The van der Waals surface area contributed by atoms with E-state index in [1.807, 2.05) is 27.0 Å². The molecule has 1 aromatic heterocycles. The third-order valence-electron chi connectivity index (χ3n) is 2.02. The Morgan fingerprint density at radius 3 is 2.94 bits per heavy atom. The first-order valence-corrected chi connectivity index (χ1v) is 5.62. The van der Waals surface area contributed by atoms with Crippen molar-refractivity contribution in [3.8, 4) is 0 Å². The van der Waals surface area contributed by atoms with Crippen molar-refractivity contribution in [1.29, 1.82) is 0 Å². The number of amides is 1. The number of hydrogen-bond acceptors (Lipinski definition) is 3. The Morgan fingerprint density at radius 1 is 1.56 bits per heavy atom. The predicted molar refractivity (Wildman–Crippen MR) is 62.9 cm³/mol. The number of carbonyl (C=O) groups excluding carboxylic acids is 1. The van der Waals surface area contributed by atoms with Gasteiger partial charge in [0.15, 0.2) is 0 Å². The summed E-state index contributed by atoms with van der Waals surface area (Å²) < 4.78 is 1.80. The molecule has 2 N–H and O–H groups in total. The van der Waals surface area contributed by atoms with Gasteiger partial charge in [-0.2, -0.15) is 0 Å². The fourth-order valence-corrected chi connectivity index (χ4v) is 1.37. The number of aromatic nitrogens is 2. The van der Waals surface area contributed by atoms with E-state index in [1.54, 1.807) is 10.9 Å². The highest BCUT2D eigenvalue weighted by Gasteiger charge is 2.05. The van der Waals surface area contributed by atoms with Gasteiger partial charge in [0.2, 0.25) is 5.91 Å². The first-order valence-electron chi connectivity index (χ1n) is 5.62. The number of nitrogens with one attached hydrogen (secondary N) is 2. The Bertz CT molecular complexity index is 332. The van der Waals surface area contributed by atoms with Gasteiger partial charge in [-0.3, -0.25) is 4.79 Å². The maximum atomic E-state index is 11.5. The highest BCUT2D eigenvalue weighted by atomic mass is 16.2. The summed E-state index contributed by atoms with van der Waals surface area (Å²) in [7, 11) is 0. The number of carbonyl (C=O) groups is 1. The van der Waals surface area contributed by atoms with Gasteiger partial charge in [0.1, 0.15) is 6.54 Å². The van der Waals surface area contributed by atoms with Crippen molar-refractivity contribution in [2.24, 2.45) is 0 Å². The van der Waals surface area contributed by atoms with Crippen LogP contribution in [0.1, 0.15) is 26.5 Å². The molecule has 0 saturated heterocycles. The molecule has 90 valence electrons. The van der Waals surface area contributed by atoms with Gasteiger partial charge in [-0.1, -0.05) is 6.92 Å². The van der Waals surface area contributed by atoms with Crippen LogP contribution in [-0.4, -0.2) is 28.0 Å². The van der Waals surface area contributed by atoms with Crippen molar-refractivity contribution in [2.45, 2.75) is 39.9 Å². The molecule has 16 heavy (non-hydrogen) atoms. The van der Waals surface area contributed by atoms with Crippen LogP contribution >= 0.6 is 0 Å².